The number of rotatable bonds is 1. The number of aromatic nitrogens is 1. The number of aryl methyl sites for hydroxylation is 1. The number of nitrogens with zero attached hydrogens (tertiary/aromatic N) is 1. The summed E-state index contributed by atoms with van der Waals surface area (Å²) in [4.78, 5) is 25.2. The lowest BCUT2D eigenvalue weighted by Crippen LogP contribution is -2.15. The van der Waals surface area contributed by atoms with E-state index in [0.29, 0.717) is 27.6 Å². The molecular weight excluding hydrogens is 306 g/mol. The van der Waals surface area contributed by atoms with Crippen molar-refractivity contribution in [3.05, 3.63) is 65.4 Å². The van der Waals surface area contributed by atoms with Crippen molar-refractivity contribution in [1.82, 2.24) is 4.57 Å². The van der Waals surface area contributed by atoms with Crippen molar-refractivity contribution in [3.63, 3.8) is 0 Å². The third-order valence-electron chi connectivity index (χ3n) is 4.33. The van der Waals surface area contributed by atoms with Crippen LogP contribution in [-0.4, -0.2) is 26.3 Å². The van der Waals surface area contributed by atoms with E-state index >= 15 is 0 Å². The zero-order valence-electron chi connectivity index (χ0n) is 12.8. The van der Waals surface area contributed by atoms with Gasteiger partial charge in [0.1, 0.15) is 0 Å². The normalized spacial score (nSPS) is 14.0. The van der Waals surface area contributed by atoms with E-state index in [4.69, 9.17) is 0 Å². The van der Waals surface area contributed by atoms with E-state index in [-0.39, 0.29) is 28.6 Å². The molecule has 2 N–H and O–H groups in total. The summed E-state index contributed by atoms with van der Waals surface area (Å²) in [5.41, 5.74) is 2.26. The first-order valence-electron chi connectivity index (χ1n) is 7.38. The minimum absolute atomic E-state index is 0.222. The Bertz CT molecular complexity index is 1070. The highest BCUT2D eigenvalue weighted by Crippen LogP contribution is 2.37. The van der Waals surface area contributed by atoms with Gasteiger partial charge in [-0.15, -0.1) is 0 Å². The minimum atomic E-state index is -0.273. The fraction of sp³-hybridized carbons (Fsp3) is 0.0526. The highest BCUT2D eigenvalue weighted by Gasteiger charge is 2.28. The first-order chi connectivity index (χ1) is 11.5. The van der Waals surface area contributed by atoms with Crippen molar-refractivity contribution < 1.29 is 19.8 Å². The molecule has 5 heteroatoms. The molecule has 1 heterocycles. The Hall–Kier alpha value is -3.34. The Labute approximate surface area is 137 Å². The highest BCUT2D eigenvalue weighted by atomic mass is 16.3. The van der Waals surface area contributed by atoms with Gasteiger partial charge in [-0.1, -0.05) is 24.3 Å². The Balaban J connectivity index is 1.98. The van der Waals surface area contributed by atoms with Crippen LogP contribution in [-0.2, 0) is 7.05 Å². The number of hydrogen-bond acceptors (Lipinski definition) is 4. The van der Waals surface area contributed by atoms with E-state index < -0.39 is 0 Å². The van der Waals surface area contributed by atoms with Gasteiger partial charge in [-0.05, 0) is 12.1 Å². The van der Waals surface area contributed by atoms with Gasteiger partial charge in [0, 0.05) is 47.0 Å². The molecule has 24 heavy (non-hydrogen) atoms. The fourth-order valence-electron chi connectivity index (χ4n) is 3.14. The molecule has 0 spiro atoms. The number of fused-ring (bicyclic) bond motifs is 2. The maximum atomic E-state index is 12.8. The molecule has 0 amide bonds. The topological polar surface area (TPSA) is 79.5 Å². The number of benzene rings is 2. The number of phenols is 2. The maximum Gasteiger partial charge on any atom is 0.194 e. The number of Topliss-reactive ketones (excluding diaryl/α,β-unsaturated/α-hetero) is 1. The first kappa shape index (κ1) is 14.3. The third-order valence-corrected chi connectivity index (χ3v) is 4.33. The van der Waals surface area contributed by atoms with Crippen LogP contribution in [0.5, 0.6) is 11.5 Å². The van der Waals surface area contributed by atoms with Crippen LogP contribution in [0.1, 0.15) is 26.3 Å². The predicted octanol–water partition coefficient (Wildman–Crippen LogP) is 3.05. The lowest BCUT2D eigenvalue weighted by Gasteiger charge is -2.14. The molecule has 0 fully saturated rings. The molecule has 2 aromatic carbocycles. The largest absolute Gasteiger partial charge is 0.504 e. The summed E-state index contributed by atoms with van der Waals surface area (Å²) in [6.45, 7) is 0. The van der Waals surface area contributed by atoms with Crippen LogP contribution in [0.4, 0.5) is 0 Å². The van der Waals surface area contributed by atoms with E-state index in [1.807, 2.05) is 0 Å². The minimum Gasteiger partial charge on any atom is -0.504 e. The molecule has 3 aromatic rings. The number of carbonyl (C=O) groups excluding carboxylic acids is 2. The van der Waals surface area contributed by atoms with Crippen LogP contribution in [0.2, 0.25) is 0 Å². The molecule has 0 saturated carbocycles. The Morgan fingerprint density at radius 1 is 0.917 bits per heavy atom. The van der Waals surface area contributed by atoms with Crippen molar-refractivity contribution in [3.8, 4) is 11.5 Å². The summed E-state index contributed by atoms with van der Waals surface area (Å²) in [6, 6.07) is 9.55. The highest BCUT2D eigenvalue weighted by molar-refractivity contribution is 6.39. The SMILES string of the molecule is Cn1cc(C2=CC(=O)c3ccccc3C2=O)c2cc(O)c(O)cc21. The van der Waals surface area contributed by atoms with Crippen molar-refractivity contribution in [1.29, 1.82) is 0 Å². The van der Waals surface area contributed by atoms with Gasteiger partial charge < -0.3 is 14.8 Å². The van der Waals surface area contributed by atoms with Crippen LogP contribution in [0.25, 0.3) is 16.5 Å². The molecule has 0 unspecified atom stereocenters. The number of carbonyl (C=O) groups is 2. The summed E-state index contributed by atoms with van der Waals surface area (Å²) in [6.07, 6.45) is 3.05. The molecular formula is C19H13NO4. The van der Waals surface area contributed by atoms with E-state index in [1.54, 1.807) is 42.1 Å². The Kier molecular flexibility index (Phi) is 2.87. The van der Waals surface area contributed by atoms with Gasteiger partial charge >= 0.3 is 0 Å². The number of phenolic OH excluding ortho intramolecular Hbond substituents is 2. The third kappa shape index (κ3) is 1.88. The molecule has 0 saturated heterocycles. The van der Waals surface area contributed by atoms with Gasteiger partial charge in [-0.25, -0.2) is 0 Å². The van der Waals surface area contributed by atoms with Crippen LogP contribution >= 0.6 is 0 Å². The second-order valence-electron chi connectivity index (χ2n) is 5.81. The van der Waals surface area contributed by atoms with Gasteiger partial charge in [-0.2, -0.15) is 0 Å². The second-order valence-corrected chi connectivity index (χ2v) is 5.81. The molecule has 1 aliphatic rings. The van der Waals surface area contributed by atoms with Gasteiger partial charge in [0.05, 0.1) is 5.52 Å². The van der Waals surface area contributed by atoms with Crippen molar-refractivity contribution >= 4 is 28.0 Å². The Morgan fingerprint density at radius 3 is 2.33 bits per heavy atom. The van der Waals surface area contributed by atoms with Crippen molar-refractivity contribution in [2.45, 2.75) is 0 Å². The van der Waals surface area contributed by atoms with Crippen LogP contribution in [0, 0.1) is 0 Å². The van der Waals surface area contributed by atoms with Gasteiger partial charge in [0.15, 0.2) is 23.1 Å². The molecule has 0 aliphatic heterocycles. The molecule has 1 aliphatic carbocycles. The number of hydrogen-bond donors (Lipinski definition) is 2. The molecule has 118 valence electrons. The van der Waals surface area contributed by atoms with Gasteiger partial charge in [-0.3, -0.25) is 9.59 Å². The number of ketones is 2. The zero-order chi connectivity index (χ0) is 17.0. The fourth-order valence-corrected chi connectivity index (χ4v) is 3.14. The quantitative estimate of drug-likeness (QED) is 0.676. The average Bonchev–Trinajstić information content (AvgIpc) is 2.88. The number of allylic oxidation sites excluding steroid dienone is 2. The molecule has 1 aromatic heterocycles. The smallest absolute Gasteiger partial charge is 0.194 e. The monoisotopic (exact) mass is 319 g/mol. The molecule has 0 atom stereocenters. The van der Waals surface area contributed by atoms with Crippen molar-refractivity contribution in [2.75, 3.05) is 0 Å². The second kappa shape index (κ2) is 4.83. The van der Waals surface area contributed by atoms with Gasteiger partial charge in [0.25, 0.3) is 0 Å². The van der Waals surface area contributed by atoms with Crippen LogP contribution in [0.3, 0.4) is 0 Å². The summed E-state index contributed by atoms with van der Waals surface area (Å²) >= 11 is 0. The molecule has 4 rings (SSSR count). The van der Waals surface area contributed by atoms with E-state index in [1.165, 1.54) is 18.2 Å². The van der Waals surface area contributed by atoms with E-state index in [2.05, 4.69) is 0 Å². The van der Waals surface area contributed by atoms with Gasteiger partial charge in [0.2, 0.25) is 0 Å². The Morgan fingerprint density at radius 2 is 1.58 bits per heavy atom. The summed E-state index contributed by atoms with van der Waals surface area (Å²) in [5, 5.41) is 20.1. The number of aromatic hydroxyl groups is 2. The first-order valence-corrected chi connectivity index (χ1v) is 7.38. The maximum absolute atomic E-state index is 12.8. The predicted molar refractivity (Wildman–Crippen MR) is 89.3 cm³/mol. The van der Waals surface area contributed by atoms with E-state index in [0.717, 1.165) is 0 Å². The summed E-state index contributed by atoms with van der Waals surface area (Å²) in [5.74, 6) is -0.961. The lowest BCUT2D eigenvalue weighted by molar-refractivity contribution is 0.100. The summed E-state index contributed by atoms with van der Waals surface area (Å²) < 4.78 is 1.74. The average molecular weight is 319 g/mol. The summed E-state index contributed by atoms with van der Waals surface area (Å²) in [7, 11) is 1.77. The van der Waals surface area contributed by atoms with Crippen molar-refractivity contribution in [2.24, 2.45) is 7.05 Å². The van der Waals surface area contributed by atoms with Crippen LogP contribution < -0.4 is 0 Å². The zero-order valence-corrected chi connectivity index (χ0v) is 12.8. The lowest BCUT2D eigenvalue weighted by atomic mass is 9.86. The van der Waals surface area contributed by atoms with E-state index in [9.17, 15) is 19.8 Å². The molecule has 0 radical (unpaired) electrons. The molecule has 0 bridgehead atoms. The standard InChI is InChI=1S/C19H13NO4/c1-20-9-14(12-6-17(22)18(23)8-15(12)20)13-7-16(21)10-4-2-3-5-11(10)19(13)24/h2-9,22-23H,1H3. The van der Waals surface area contributed by atoms with Crippen LogP contribution in [0.15, 0.2) is 48.7 Å². The molecule has 5 nitrogen and oxygen atoms in total.